The van der Waals surface area contributed by atoms with Gasteiger partial charge in [-0.2, -0.15) is 5.10 Å². The second-order valence-corrected chi connectivity index (χ2v) is 7.20. The number of aryl methyl sites for hydroxylation is 1. The van der Waals surface area contributed by atoms with Crippen LogP contribution in [0.15, 0.2) is 54.6 Å². The molecule has 8 heteroatoms. The van der Waals surface area contributed by atoms with Crippen molar-refractivity contribution in [1.29, 1.82) is 0 Å². The molecular weight excluding hydrogens is 411 g/mol. The highest BCUT2D eigenvalue weighted by Crippen LogP contribution is 2.29. The normalized spacial score (nSPS) is 10.6. The summed E-state index contributed by atoms with van der Waals surface area (Å²) in [6.07, 6.45) is 0. The first-order chi connectivity index (χ1) is 13.9. The first-order valence-electron chi connectivity index (χ1n) is 9.06. The highest BCUT2D eigenvalue weighted by Gasteiger charge is 2.22. The summed E-state index contributed by atoms with van der Waals surface area (Å²) in [5.41, 5.74) is 2.28. The lowest BCUT2D eigenvalue weighted by molar-refractivity contribution is -0.116. The number of rotatable bonds is 6. The van der Waals surface area contributed by atoms with Crippen molar-refractivity contribution < 1.29 is 9.59 Å². The number of carbonyl (C=O) groups is 2. The van der Waals surface area contributed by atoms with Gasteiger partial charge in [0.2, 0.25) is 5.91 Å². The Morgan fingerprint density at radius 1 is 1.07 bits per heavy atom. The number of hydrogen-bond acceptors (Lipinski definition) is 3. The average Bonchev–Trinajstić information content (AvgIpc) is 3.11. The minimum absolute atomic E-state index is 0.145. The lowest BCUT2D eigenvalue weighted by atomic mass is 10.3. The Kier molecular flexibility index (Phi) is 6.56. The van der Waals surface area contributed by atoms with Gasteiger partial charge in [-0.1, -0.05) is 47.5 Å². The van der Waals surface area contributed by atoms with E-state index in [0.29, 0.717) is 22.3 Å². The first-order valence-corrected chi connectivity index (χ1v) is 9.81. The number of nitrogens with one attached hydrogen (secondary N) is 1. The number of amides is 2. The number of hydrogen-bond donors (Lipinski definition) is 1. The van der Waals surface area contributed by atoms with Crippen molar-refractivity contribution in [2.75, 3.05) is 18.4 Å². The molecule has 6 nitrogen and oxygen atoms in total. The Bertz CT molecular complexity index is 1010. The standard InChI is InChI=1S/C21H20Cl2N4O2/c1-3-26(13-19(28)24-20-16(22)10-7-11-17(20)23)21(29)18-12-14(2)27(25-18)15-8-5-4-6-9-15/h4-12H,3,13H2,1-2H3,(H,24,28). The van der Waals surface area contributed by atoms with Crippen molar-refractivity contribution in [3.8, 4) is 5.69 Å². The van der Waals surface area contributed by atoms with Crippen LogP contribution >= 0.6 is 23.2 Å². The molecule has 0 aliphatic heterocycles. The monoisotopic (exact) mass is 430 g/mol. The van der Waals surface area contributed by atoms with Crippen LogP contribution in [0.4, 0.5) is 5.69 Å². The predicted molar refractivity (Wildman–Crippen MR) is 115 cm³/mol. The zero-order valence-corrected chi connectivity index (χ0v) is 17.5. The third kappa shape index (κ3) is 4.78. The molecular formula is C21H20Cl2N4O2. The van der Waals surface area contributed by atoms with E-state index < -0.39 is 5.91 Å². The number of aromatic nitrogens is 2. The van der Waals surface area contributed by atoms with Crippen LogP contribution in [0.2, 0.25) is 10.0 Å². The van der Waals surface area contributed by atoms with E-state index >= 15 is 0 Å². The highest BCUT2D eigenvalue weighted by atomic mass is 35.5. The quantitative estimate of drug-likeness (QED) is 0.621. The van der Waals surface area contributed by atoms with E-state index in [2.05, 4.69) is 10.4 Å². The summed E-state index contributed by atoms with van der Waals surface area (Å²) in [6.45, 7) is 3.88. The minimum atomic E-state index is -0.394. The second kappa shape index (κ2) is 9.11. The van der Waals surface area contributed by atoms with Crippen molar-refractivity contribution in [3.05, 3.63) is 76.0 Å². The van der Waals surface area contributed by atoms with Gasteiger partial charge < -0.3 is 10.2 Å². The topological polar surface area (TPSA) is 67.2 Å². The van der Waals surface area contributed by atoms with Crippen LogP contribution in [0.5, 0.6) is 0 Å². The van der Waals surface area contributed by atoms with Gasteiger partial charge in [0.15, 0.2) is 5.69 Å². The Hall–Kier alpha value is -2.83. The molecule has 0 radical (unpaired) electrons. The van der Waals surface area contributed by atoms with Crippen LogP contribution in [0.1, 0.15) is 23.1 Å². The molecule has 0 spiro atoms. The van der Waals surface area contributed by atoms with Crippen LogP contribution in [0, 0.1) is 6.92 Å². The first kappa shape index (κ1) is 20.9. The number of halogens is 2. The number of nitrogens with zero attached hydrogens (tertiary/aromatic N) is 3. The molecule has 150 valence electrons. The molecule has 0 aliphatic rings. The molecule has 0 unspecified atom stereocenters. The molecule has 0 saturated carbocycles. The van der Waals surface area contributed by atoms with Crippen LogP contribution in [0.25, 0.3) is 5.69 Å². The van der Waals surface area contributed by atoms with Gasteiger partial charge in [-0.15, -0.1) is 0 Å². The summed E-state index contributed by atoms with van der Waals surface area (Å²) in [5, 5.41) is 7.75. The molecule has 3 rings (SSSR count). The average molecular weight is 431 g/mol. The molecule has 29 heavy (non-hydrogen) atoms. The molecule has 0 saturated heterocycles. The summed E-state index contributed by atoms with van der Waals surface area (Å²) in [7, 11) is 0. The van der Waals surface area contributed by atoms with E-state index in [1.807, 2.05) is 37.3 Å². The Balaban J connectivity index is 1.75. The molecule has 1 heterocycles. The lowest BCUT2D eigenvalue weighted by Gasteiger charge is -2.19. The predicted octanol–water partition coefficient (Wildman–Crippen LogP) is 4.59. The SMILES string of the molecule is CCN(CC(=O)Nc1c(Cl)cccc1Cl)C(=O)c1cc(C)n(-c2ccccc2)n1. The van der Waals surface area contributed by atoms with Gasteiger partial charge in [-0.3, -0.25) is 9.59 Å². The van der Waals surface area contributed by atoms with Gasteiger partial charge in [0, 0.05) is 12.2 Å². The maximum Gasteiger partial charge on any atom is 0.274 e. The third-order valence-corrected chi connectivity index (χ3v) is 4.97. The van der Waals surface area contributed by atoms with Gasteiger partial charge >= 0.3 is 0 Å². The van der Waals surface area contributed by atoms with Crippen LogP contribution in [-0.4, -0.2) is 39.6 Å². The molecule has 1 N–H and O–H groups in total. The second-order valence-electron chi connectivity index (χ2n) is 6.38. The smallest absolute Gasteiger partial charge is 0.274 e. The fourth-order valence-electron chi connectivity index (χ4n) is 2.87. The van der Waals surface area contributed by atoms with Gasteiger partial charge in [0.25, 0.3) is 5.91 Å². The Morgan fingerprint density at radius 2 is 1.72 bits per heavy atom. The zero-order chi connectivity index (χ0) is 21.0. The molecule has 2 aromatic carbocycles. The largest absolute Gasteiger partial charge is 0.328 e. The Morgan fingerprint density at radius 3 is 2.34 bits per heavy atom. The fraction of sp³-hybridized carbons (Fsp3) is 0.190. The molecule has 0 fully saturated rings. The van der Waals surface area contributed by atoms with Gasteiger partial charge in [0.1, 0.15) is 6.54 Å². The third-order valence-electron chi connectivity index (χ3n) is 4.34. The number of benzene rings is 2. The van der Waals surface area contributed by atoms with Gasteiger partial charge in [-0.05, 0) is 44.2 Å². The molecule has 2 amide bonds. The molecule has 0 atom stereocenters. The van der Waals surface area contributed by atoms with Crippen molar-refractivity contribution in [2.24, 2.45) is 0 Å². The molecule has 1 aromatic heterocycles. The van der Waals surface area contributed by atoms with Crippen molar-refractivity contribution in [2.45, 2.75) is 13.8 Å². The minimum Gasteiger partial charge on any atom is -0.328 e. The highest BCUT2D eigenvalue weighted by molar-refractivity contribution is 6.39. The number of carbonyl (C=O) groups excluding carboxylic acids is 2. The van der Waals surface area contributed by atoms with Crippen molar-refractivity contribution >= 4 is 40.7 Å². The van der Waals surface area contributed by atoms with E-state index in [1.54, 1.807) is 35.9 Å². The summed E-state index contributed by atoms with van der Waals surface area (Å²) < 4.78 is 1.70. The van der Waals surface area contributed by atoms with Crippen LogP contribution in [0.3, 0.4) is 0 Å². The van der Waals surface area contributed by atoms with E-state index in [-0.39, 0.29) is 18.1 Å². The molecule has 0 bridgehead atoms. The van der Waals surface area contributed by atoms with Crippen molar-refractivity contribution in [1.82, 2.24) is 14.7 Å². The number of anilines is 1. The zero-order valence-electron chi connectivity index (χ0n) is 16.0. The molecule has 0 aliphatic carbocycles. The van der Waals surface area contributed by atoms with Crippen molar-refractivity contribution in [3.63, 3.8) is 0 Å². The van der Waals surface area contributed by atoms with Gasteiger partial charge in [0.05, 0.1) is 21.4 Å². The molecule has 3 aromatic rings. The van der Waals surface area contributed by atoms with Gasteiger partial charge in [-0.25, -0.2) is 4.68 Å². The van der Waals surface area contributed by atoms with E-state index in [4.69, 9.17) is 23.2 Å². The van der Waals surface area contributed by atoms with Crippen LogP contribution in [-0.2, 0) is 4.79 Å². The summed E-state index contributed by atoms with van der Waals surface area (Å²) in [5.74, 6) is -0.722. The maximum absolute atomic E-state index is 12.9. The maximum atomic E-state index is 12.9. The summed E-state index contributed by atoms with van der Waals surface area (Å²) in [6, 6.07) is 16.2. The van der Waals surface area contributed by atoms with Crippen LogP contribution < -0.4 is 5.32 Å². The fourth-order valence-corrected chi connectivity index (χ4v) is 3.36. The Labute approximate surface area is 179 Å². The number of likely N-dealkylation sites (N-methyl/N-ethyl adjacent to an activating group) is 1. The number of para-hydroxylation sites is 2. The summed E-state index contributed by atoms with van der Waals surface area (Å²) >= 11 is 12.2. The summed E-state index contributed by atoms with van der Waals surface area (Å²) in [4.78, 5) is 26.8. The van der Waals surface area contributed by atoms with E-state index in [0.717, 1.165) is 11.4 Å². The lowest BCUT2D eigenvalue weighted by Crippen LogP contribution is -2.38. The van der Waals surface area contributed by atoms with E-state index in [1.165, 1.54) is 4.90 Å². The van der Waals surface area contributed by atoms with E-state index in [9.17, 15) is 9.59 Å².